The van der Waals surface area contributed by atoms with E-state index in [4.69, 9.17) is 0 Å². The van der Waals surface area contributed by atoms with Crippen molar-refractivity contribution in [3.05, 3.63) is 28.2 Å². The van der Waals surface area contributed by atoms with Crippen LogP contribution in [0, 0.1) is 0 Å². The summed E-state index contributed by atoms with van der Waals surface area (Å²) < 4.78 is 1.18. The van der Waals surface area contributed by atoms with Crippen molar-refractivity contribution >= 4 is 21.6 Å². The highest BCUT2D eigenvalue weighted by Gasteiger charge is 2.20. The highest BCUT2D eigenvalue weighted by molar-refractivity contribution is 9.10. The fourth-order valence-corrected chi connectivity index (χ4v) is 2.57. The van der Waals surface area contributed by atoms with E-state index in [1.165, 1.54) is 22.1 Å². The van der Waals surface area contributed by atoms with Crippen LogP contribution in [0.1, 0.15) is 17.9 Å². The number of hydrogen-bond donors (Lipinski definition) is 2. The number of hydrogen-bond acceptors (Lipinski definition) is 2. The Bertz CT molecular complexity index is 325. The van der Waals surface area contributed by atoms with Crippen molar-refractivity contribution < 1.29 is 0 Å². The molecule has 2 nitrogen and oxygen atoms in total. The molecule has 0 aliphatic carbocycles. The van der Waals surface area contributed by atoms with Crippen LogP contribution in [0.3, 0.4) is 0 Å². The number of anilines is 1. The smallest absolute Gasteiger partial charge is 0.0520 e. The summed E-state index contributed by atoms with van der Waals surface area (Å²) in [5.74, 6) is 0.647. The summed E-state index contributed by atoms with van der Waals surface area (Å²) in [6, 6.07) is 6.42. The number of halogens is 1. The SMILES string of the molecule is CNCC1CCNc2c(Br)cccc21. The monoisotopic (exact) mass is 254 g/mol. The minimum atomic E-state index is 0.647. The number of rotatable bonds is 2. The number of likely N-dealkylation sites (N-methyl/N-ethyl adjacent to an activating group) is 1. The van der Waals surface area contributed by atoms with E-state index in [-0.39, 0.29) is 0 Å². The molecular formula is C11H15BrN2. The van der Waals surface area contributed by atoms with Gasteiger partial charge in [-0.25, -0.2) is 0 Å². The minimum absolute atomic E-state index is 0.647. The second-order valence-corrected chi connectivity index (χ2v) is 4.53. The number of fused-ring (bicyclic) bond motifs is 1. The number of para-hydroxylation sites is 1. The summed E-state index contributed by atoms with van der Waals surface area (Å²) in [4.78, 5) is 0. The van der Waals surface area contributed by atoms with Crippen molar-refractivity contribution in [1.82, 2.24) is 5.32 Å². The van der Waals surface area contributed by atoms with Crippen LogP contribution < -0.4 is 10.6 Å². The van der Waals surface area contributed by atoms with Gasteiger partial charge in [-0.2, -0.15) is 0 Å². The van der Waals surface area contributed by atoms with Crippen molar-refractivity contribution in [2.45, 2.75) is 12.3 Å². The molecule has 1 aliphatic heterocycles. The Hall–Kier alpha value is -0.540. The van der Waals surface area contributed by atoms with Gasteiger partial charge in [0, 0.05) is 23.5 Å². The molecule has 0 radical (unpaired) electrons. The van der Waals surface area contributed by atoms with Gasteiger partial charge < -0.3 is 10.6 Å². The maximum Gasteiger partial charge on any atom is 0.0520 e. The summed E-state index contributed by atoms with van der Waals surface area (Å²) in [6.45, 7) is 2.13. The molecule has 1 aliphatic rings. The lowest BCUT2D eigenvalue weighted by Gasteiger charge is -2.27. The van der Waals surface area contributed by atoms with Crippen molar-refractivity contribution in [2.75, 3.05) is 25.5 Å². The van der Waals surface area contributed by atoms with Gasteiger partial charge >= 0.3 is 0 Å². The van der Waals surface area contributed by atoms with Crippen LogP contribution in [-0.2, 0) is 0 Å². The standard InChI is InChI=1S/C11H15BrN2/c1-13-7-8-5-6-14-11-9(8)3-2-4-10(11)12/h2-4,8,13-14H,5-7H2,1H3. The molecule has 1 aromatic rings. The third-order valence-electron chi connectivity index (χ3n) is 2.73. The largest absolute Gasteiger partial charge is 0.384 e. The molecule has 0 aromatic heterocycles. The van der Waals surface area contributed by atoms with Gasteiger partial charge in [0.05, 0.1) is 5.69 Å². The first-order valence-corrected chi connectivity index (χ1v) is 5.79. The maximum absolute atomic E-state index is 3.58. The van der Waals surface area contributed by atoms with Gasteiger partial charge in [-0.1, -0.05) is 12.1 Å². The van der Waals surface area contributed by atoms with E-state index in [1.807, 2.05) is 7.05 Å². The quantitative estimate of drug-likeness (QED) is 0.848. The fraction of sp³-hybridized carbons (Fsp3) is 0.455. The lowest BCUT2D eigenvalue weighted by molar-refractivity contribution is 0.586. The Labute approximate surface area is 93.2 Å². The van der Waals surface area contributed by atoms with Gasteiger partial charge in [-0.05, 0) is 41.0 Å². The molecule has 76 valence electrons. The normalized spacial score (nSPS) is 20.0. The van der Waals surface area contributed by atoms with Crippen LogP contribution >= 0.6 is 15.9 Å². The van der Waals surface area contributed by atoms with Crippen molar-refractivity contribution in [2.24, 2.45) is 0 Å². The average Bonchev–Trinajstić information content (AvgIpc) is 2.20. The van der Waals surface area contributed by atoms with Crippen LogP contribution in [0.5, 0.6) is 0 Å². The molecule has 2 N–H and O–H groups in total. The summed E-state index contributed by atoms with van der Waals surface area (Å²) in [5, 5.41) is 6.70. The molecule has 0 spiro atoms. The van der Waals surface area contributed by atoms with E-state index in [0.29, 0.717) is 5.92 Å². The molecule has 14 heavy (non-hydrogen) atoms. The second kappa shape index (κ2) is 4.32. The summed E-state index contributed by atoms with van der Waals surface area (Å²) in [7, 11) is 2.01. The molecule has 3 heteroatoms. The summed E-state index contributed by atoms with van der Waals surface area (Å²) in [5.41, 5.74) is 2.71. The highest BCUT2D eigenvalue weighted by Crippen LogP contribution is 2.36. The van der Waals surface area contributed by atoms with Gasteiger partial charge in [0.25, 0.3) is 0 Å². The van der Waals surface area contributed by atoms with Crippen molar-refractivity contribution in [1.29, 1.82) is 0 Å². The first-order valence-electron chi connectivity index (χ1n) is 5.00. The Kier molecular flexibility index (Phi) is 3.08. The highest BCUT2D eigenvalue weighted by atomic mass is 79.9. The molecule has 0 bridgehead atoms. The van der Waals surface area contributed by atoms with Crippen LogP contribution in [0.25, 0.3) is 0 Å². The van der Waals surface area contributed by atoms with E-state index in [0.717, 1.165) is 13.1 Å². The van der Waals surface area contributed by atoms with Crippen molar-refractivity contribution in [3.8, 4) is 0 Å². The fourth-order valence-electron chi connectivity index (χ4n) is 2.05. The molecule has 0 fully saturated rings. The zero-order valence-electron chi connectivity index (χ0n) is 8.31. The van der Waals surface area contributed by atoms with Crippen LogP contribution in [0.2, 0.25) is 0 Å². The predicted molar refractivity (Wildman–Crippen MR) is 63.9 cm³/mol. The molecule has 1 unspecified atom stereocenters. The second-order valence-electron chi connectivity index (χ2n) is 3.67. The molecule has 1 aromatic carbocycles. The lowest BCUT2D eigenvalue weighted by atomic mass is 9.91. The first kappa shape index (κ1) is 9.99. The van der Waals surface area contributed by atoms with E-state index >= 15 is 0 Å². The average molecular weight is 255 g/mol. The zero-order chi connectivity index (χ0) is 9.97. The maximum atomic E-state index is 3.58. The molecule has 0 amide bonds. The minimum Gasteiger partial charge on any atom is -0.384 e. The van der Waals surface area contributed by atoms with E-state index in [9.17, 15) is 0 Å². The predicted octanol–water partition coefficient (Wildman–Crippen LogP) is 2.57. The Balaban J connectivity index is 2.34. The van der Waals surface area contributed by atoms with Crippen LogP contribution in [-0.4, -0.2) is 20.1 Å². The van der Waals surface area contributed by atoms with Crippen LogP contribution in [0.4, 0.5) is 5.69 Å². The number of nitrogens with one attached hydrogen (secondary N) is 2. The lowest BCUT2D eigenvalue weighted by Crippen LogP contribution is -2.24. The van der Waals surface area contributed by atoms with Gasteiger partial charge in [-0.3, -0.25) is 0 Å². The molecule has 2 rings (SSSR count). The topological polar surface area (TPSA) is 24.1 Å². The third-order valence-corrected chi connectivity index (χ3v) is 3.39. The van der Waals surface area contributed by atoms with E-state index < -0.39 is 0 Å². The van der Waals surface area contributed by atoms with E-state index in [2.05, 4.69) is 44.8 Å². The molecule has 0 saturated heterocycles. The Morgan fingerprint density at radius 3 is 3.21 bits per heavy atom. The van der Waals surface area contributed by atoms with Gasteiger partial charge in [0.15, 0.2) is 0 Å². The molecule has 1 atom stereocenters. The van der Waals surface area contributed by atoms with E-state index in [1.54, 1.807) is 0 Å². The molecular weight excluding hydrogens is 240 g/mol. The summed E-state index contributed by atoms with van der Waals surface area (Å²) >= 11 is 3.58. The number of benzene rings is 1. The van der Waals surface area contributed by atoms with Gasteiger partial charge in [-0.15, -0.1) is 0 Å². The Morgan fingerprint density at radius 1 is 1.57 bits per heavy atom. The zero-order valence-corrected chi connectivity index (χ0v) is 9.89. The van der Waals surface area contributed by atoms with Crippen molar-refractivity contribution in [3.63, 3.8) is 0 Å². The Morgan fingerprint density at radius 2 is 2.43 bits per heavy atom. The molecule has 0 saturated carbocycles. The summed E-state index contributed by atoms with van der Waals surface area (Å²) in [6.07, 6.45) is 1.21. The van der Waals surface area contributed by atoms with Gasteiger partial charge in [0.1, 0.15) is 0 Å². The third kappa shape index (κ3) is 1.79. The molecule has 1 heterocycles. The van der Waals surface area contributed by atoms with Gasteiger partial charge in [0.2, 0.25) is 0 Å². The first-order chi connectivity index (χ1) is 6.83. The van der Waals surface area contributed by atoms with Crippen LogP contribution in [0.15, 0.2) is 22.7 Å².